The highest BCUT2D eigenvalue weighted by Crippen LogP contribution is 1.96. The number of hydrogen-bond acceptors (Lipinski definition) is 2. The minimum Gasteiger partial charge on any atom is -0.305 e. The molecule has 0 saturated heterocycles. The Morgan fingerprint density at radius 3 is 2.64 bits per heavy atom. The summed E-state index contributed by atoms with van der Waals surface area (Å²) in [6.07, 6.45) is 3.08. The van der Waals surface area contributed by atoms with E-state index in [1.807, 2.05) is 0 Å². The van der Waals surface area contributed by atoms with Crippen molar-refractivity contribution in [2.45, 2.75) is 19.3 Å². The molecule has 0 atom stereocenters. The van der Waals surface area contributed by atoms with Crippen molar-refractivity contribution in [1.82, 2.24) is 4.90 Å². The van der Waals surface area contributed by atoms with Crippen LogP contribution in [0.2, 0.25) is 0 Å². The van der Waals surface area contributed by atoms with Crippen molar-refractivity contribution in [3.63, 3.8) is 0 Å². The van der Waals surface area contributed by atoms with Gasteiger partial charge in [0.1, 0.15) is 0 Å². The van der Waals surface area contributed by atoms with Crippen LogP contribution >= 0.6 is 15.9 Å². The summed E-state index contributed by atoms with van der Waals surface area (Å²) in [7, 11) is 2.06. The lowest BCUT2D eigenvalue weighted by molar-refractivity contribution is 0.336. The zero-order valence-electron chi connectivity index (χ0n) is 7.02. The molecule has 0 aliphatic heterocycles. The normalized spacial score (nSPS) is 10.0. The highest BCUT2D eigenvalue weighted by molar-refractivity contribution is 9.09. The third kappa shape index (κ3) is 7.83. The second kappa shape index (κ2) is 8.03. The van der Waals surface area contributed by atoms with Crippen LogP contribution in [0.3, 0.4) is 0 Å². The Morgan fingerprint density at radius 1 is 1.36 bits per heavy atom. The summed E-state index contributed by atoms with van der Waals surface area (Å²) in [5.74, 6) is 0. The monoisotopic (exact) mass is 218 g/mol. The molecule has 0 aromatic carbocycles. The molecule has 0 aromatic rings. The predicted molar refractivity (Wildman–Crippen MR) is 50.8 cm³/mol. The first-order chi connectivity index (χ1) is 5.31. The molecule has 11 heavy (non-hydrogen) atoms. The molecule has 0 heterocycles. The van der Waals surface area contributed by atoms with Gasteiger partial charge in [0.05, 0.1) is 6.07 Å². The molecule has 0 fully saturated rings. The molecular weight excluding hydrogens is 204 g/mol. The average Bonchev–Trinajstić information content (AvgIpc) is 2.01. The number of rotatable bonds is 6. The van der Waals surface area contributed by atoms with Gasteiger partial charge >= 0.3 is 0 Å². The maximum Gasteiger partial charge on any atom is 0.0635 e. The lowest BCUT2D eigenvalue weighted by Gasteiger charge is -2.13. The minimum absolute atomic E-state index is 0.644. The van der Waals surface area contributed by atoms with Gasteiger partial charge in [0.15, 0.2) is 0 Å². The van der Waals surface area contributed by atoms with Gasteiger partial charge in [-0.3, -0.25) is 0 Å². The average molecular weight is 219 g/mol. The standard InChI is InChI=1S/C8H15BrN2/c1-11(8-4-6-10)7-3-2-5-9/h2-5,7-8H2,1H3. The van der Waals surface area contributed by atoms with Crippen molar-refractivity contribution in [2.24, 2.45) is 0 Å². The molecule has 0 amide bonds. The van der Waals surface area contributed by atoms with Gasteiger partial charge in [-0.05, 0) is 26.4 Å². The van der Waals surface area contributed by atoms with Gasteiger partial charge in [0.2, 0.25) is 0 Å². The van der Waals surface area contributed by atoms with E-state index < -0.39 is 0 Å². The zero-order chi connectivity index (χ0) is 8.53. The lowest BCUT2D eigenvalue weighted by Crippen LogP contribution is -2.20. The first-order valence-electron chi connectivity index (χ1n) is 3.92. The molecule has 0 N–H and O–H groups in total. The van der Waals surface area contributed by atoms with Crippen LogP contribution in [-0.2, 0) is 0 Å². The highest BCUT2D eigenvalue weighted by Gasteiger charge is 1.95. The Morgan fingerprint density at radius 2 is 2.09 bits per heavy atom. The van der Waals surface area contributed by atoms with E-state index >= 15 is 0 Å². The molecule has 0 bridgehead atoms. The molecule has 3 heteroatoms. The SMILES string of the molecule is CN(CCC#N)CCCCBr. The van der Waals surface area contributed by atoms with Gasteiger partial charge in [0.25, 0.3) is 0 Å². The van der Waals surface area contributed by atoms with Crippen molar-refractivity contribution < 1.29 is 0 Å². The molecule has 2 nitrogen and oxygen atoms in total. The molecule has 0 radical (unpaired) electrons. The molecule has 0 rings (SSSR count). The Kier molecular flexibility index (Phi) is 7.98. The van der Waals surface area contributed by atoms with E-state index in [0.717, 1.165) is 18.4 Å². The van der Waals surface area contributed by atoms with E-state index in [1.54, 1.807) is 0 Å². The highest BCUT2D eigenvalue weighted by atomic mass is 79.9. The summed E-state index contributed by atoms with van der Waals surface area (Å²) < 4.78 is 0. The van der Waals surface area contributed by atoms with E-state index in [9.17, 15) is 0 Å². The summed E-state index contributed by atoms with van der Waals surface area (Å²) in [6, 6.07) is 2.14. The van der Waals surface area contributed by atoms with Crippen LogP contribution in [0.1, 0.15) is 19.3 Å². The van der Waals surface area contributed by atoms with Crippen LogP contribution in [0.25, 0.3) is 0 Å². The summed E-state index contributed by atoms with van der Waals surface area (Å²) in [6.45, 7) is 2.01. The van der Waals surface area contributed by atoms with Crippen molar-refractivity contribution >= 4 is 15.9 Å². The molecule has 64 valence electrons. The topological polar surface area (TPSA) is 27.0 Å². The molecule has 0 aliphatic rings. The van der Waals surface area contributed by atoms with E-state index in [-0.39, 0.29) is 0 Å². The van der Waals surface area contributed by atoms with Crippen LogP contribution in [0, 0.1) is 11.3 Å². The number of alkyl halides is 1. The Balaban J connectivity index is 3.10. The summed E-state index contributed by atoms with van der Waals surface area (Å²) >= 11 is 3.38. The van der Waals surface area contributed by atoms with E-state index in [2.05, 4.69) is 33.9 Å². The zero-order valence-corrected chi connectivity index (χ0v) is 8.60. The Bertz CT molecular complexity index is 120. The smallest absolute Gasteiger partial charge is 0.0635 e. The van der Waals surface area contributed by atoms with Crippen LogP contribution in [0.5, 0.6) is 0 Å². The van der Waals surface area contributed by atoms with Crippen molar-refractivity contribution in [1.29, 1.82) is 5.26 Å². The number of nitriles is 1. The van der Waals surface area contributed by atoms with Gasteiger partial charge in [-0.15, -0.1) is 0 Å². The van der Waals surface area contributed by atoms with Crippen LogP contribution < -0.4 is 0 Å². The predicted octanol–water partition coefficient (Wildman–Crippen LogP) is 2.01. The second-order valence-electron chi connectivity index (χ2n) is 2.61. The number of nitrogens with zero attached hydrogens (tertiary/aromatic N) is 2. The second-order valence-corrected chi connectivity index (χ2v) is 3.40. The molecule has 0 aromatic heterocycles. The minimum atomic E-state index is 0.644. The number of hydrogen-bond donors (Lipinski definition) is 0. The van der Waals surface area contributed by atoms with Gasteiger partial charge < -0.3 is 4.90 Å². The first-order valence-corrected chi connectivity index (χ1v) is 5.05. The summed E-state index contributed by atoms with van der Waals surface area (Å²) in [5.41, 5.74) is 0. The van der Waals surface area contributed by atoms with Crippen molar-refractivity contribution in [2.75, 3.05) is 25.5 Å². The fourth-order valence-corrected chi connectivity index (χ4v) is 1.23. The molecule has 0 spiro atoms. The van der Waals surface area contributed by atoms with Crippen LogP contribution in [-0.4, -0.2) is 30.4 Å². The Hall–Kier alpha value is -0.0700. The van der Waals surface area contributed by atoms with Gasteiger partial charge in [-0.2, -0.15) is 5.26 Å². The van der Waals surface area contributed by atoms with Crippen molar-refractivity contribution in [3.05, 3.63) is 0 Å². The fraction of sp³-hybridized carbons (Fsp3) is 0.875. The molecule has 0 aliphatic carbocycles. The van der Waals surface area contributed by atoms with Crippen LogP contribution in [0.4, 0.5) is 0 Å². The Labute approximate surface area is 77.3 Å². The largest absolute Gasteiger partial charge is 0.305 e. The van der Waals surface area contributed by atoms with E-state index in [4.69, 9.17) is 5.26 Å². The quantitative estimate of drug-likeness (QED) is 0.504. The molecule has 0 unspecified atom stereocenters. The maximum atomic E-state index is 8.30. The van der Waals surface area contributed by atoms with Gasteiger partial charge in [-0.1, -0.05) is 15.9 Å². The van der Waals surface area contributed by atoms with Gasteiger partial charge in [-0.25, -0.2) is 0 Å². The van der Waals surface area contributed by atoms with E-state index in [0.29, 0.717) is 6.42 Å². The molecule has 0 saturated carbocycles. The maximum absolute atomic E-state index is 8.30. The summed E-state index contributed by atoms with van der Waals surface area (Å²) in [4.78, 5) is 2.20. The van der Waals surface area contributed by atoms with Crippen molar-refractivity contribution in [3.8, 4) is 6.07 Å². The van der Waals surface area contributed by atoms with Gasteiger partial charge in [0, 0.05) is 18.3 Å². The lowest BCUT2D eigenvalue weighted by atomic mass is 10.3. The number of unbranched alkanes of at least 4 members (excludes halogenated alkanes) is 1. The third-order valence-corrected chi connectivity index (χ3v) is 2.09. The first kappa shape index (κ1) is 10.9. The fourth-order valence-electron chi connectivity index (χ4n) is 0.829. The van der Waals surface area contributed by atoms with E-state index in [1.165, 1.54) is 12.8 Å². The third-order valence-electron chi connectivity index (χ3n) is 1.53. The molecular formula is C8H15BrN2. The number of halogens is 1. The summed E-state index contributed by atoms with van der Waals surface area (Å²) in [5, 5.41) is 9.38. The van der Waals surface area contributed by atoms with Crippen LogP contribution in [0.15, 0.2) is 0 Å².